The fraction of sp³-hybridized carbons (Fsp3) is 0.250. The van der Waals surface area contributed by atoms with Gasteiger partial charge in [-0.3, -0.25) is 4.79 Å². The van der Waals surface area contributed by atoms with Crippen molar-refractivity contribution in [2.45, 2.75) is 25.2 Å². The van der Waals surface area contributed by atoms with E-state index < -0.39 is 0 Å². The summed E-state index contributed by atoms with van der Waals surface area (Å²) in [5, 5.41) is 8.10. The molecule has 0 saturated carbocycles. The lowest BCUT2D eigenvalue weighted by atomic mass is 10.2. The zero-order chi connectivity index (χ0) is 19.8. The van der Waals surface area contributed by atoms with Crippen LogP contribution < -0.4 is 10.6 Å². The van der Waals surface area contributed by atoms with E-state index in [1.165, 1.54) is 22.8 Å². The lowest BCUT2D eigenvalue weighted by Gasteiger charge is -2.21. The van der Waals surface area contributed by atoms with Gasteiger partial charge in [-0.15, -0.1) is 10.2 Å². The Morgan fingerprint density at radius 1 is 1.14 bits per heavy atom. The number of rotatable bonds is 9. The number of benzene rings is 2. The summed E-state index contributed by atoms with van der Waals surface area (Å²) in [5.41, 5.74) is 2.18. The lowest BCUT2D eigenvalue weighted by Crippen LogP contribution is -2.31. The Kier molecular flexibility index (Phi) is 6.91. The van der Waals surface area contributed by atoms with E-state index in [4.69, 9.17) is 10.6 Å². The van der Waals surface area contributed by atoms with Crippen LogP contribution in [-0.4, -0.2) is 38.0 Å². The molecule has 0 radical (unpaired) electrons. The van der Waals surface area contributed by atoms with Crippen LogP contribution in [0.25, 0.3) is 0 Å². The molecule has 7 nitrogen and oxygen atoms in total. The maximum atomic E-state index is 12.5. The number of thioether (sulfide) groups is 1. The van der Waals surface area contributed by atoms with Crippen LogP contribution in [0.4, 0.5) is 0 Å². The molecule has 28 heavy (non-hydrogen) atoms. The van der Waals surface area contributed by atoms with Gasteiger partial charge in [0.2, 0.25) is 11.1 Å². The molecule has 2 N–H and O–H groups in total. The normalized spacial score (nSPS) is 10.6. The van der Waals surface area contributed by atoms with Gasteiger partial charge in [0, 0.05) is 13.1 Å². The second kappa shape index (κ2) is 9.80. The monoisotopic (exact) mass is 397 g/mol. The molecule has 0 saturated heterocycles. The fourth-order valence-corrected chi connectivity index (χ4v) is 3.32. The predicted octanol–water partition coefficient (Wildman–Crippen LogP) is 2.71. The lowest BCUT2D eigenvalue weighted by molar-refractivity contribution is -0.128. The molecule has 1 aromatic heterocycles. The number of amides is 1. The Morgan fingerprint density at radius 3 is 2.54 bits per heavy atom. The van der Waals surface area contributed by atoms with Crippen LogP contribution in [0.15, 0.2) is 66.1 Å². The average Bonchev–Trinajstić information content (AvgIpc) is 3.15. The van der Waals surface area contributed by atoms with Crippen molar-refractivity contribution in [3.63, 3.8) is 0 Å². The van der Waals surface area contributed by atoms with Crippen LogP contribution in [-0.2, 0) is 17.9 Å². The molecule has 0 atom stereocenters. The Labute approximate surface area is 168 Å². The molecule has 2 aromatic carbocycles. The van der Waals surface area contributed by atoms with Gasteiger partial charge in [-0.1, -0.05) is 54.2 Å². The highest BCUT2D eigenvalue weighted by molar-refractivity contribution is 7.99. The van der Waals surface area contributed by atoms with Gasteiger partial charge in [-0.05, 0) is 30.2 Å². The van der Waals surface area contributed by atoms with Gasteiger partial charge >= 0.3 is 0 Å². The number of nitrogen functional groups attached to an aromatic ring is 1. The molecule has 0 unspecified atom stereocenters. The molecule has 0 spiro atoms. The summed E-state index contributed by atoms with van der Waals surface area (Å²) < 4.78 is 7.11. The van der Waals surface area contributed by atoms with Crippen molar-refractivity contribution in [2.24, 2.45) is 0 Å². The Balaban J connectivity index is 1.51. The molecular formula is C20H23N5O2S. The maximum Gasteiger partial charge on any atom is 0.233 e. The second-order valence-corrected chi connectivity index (χ2v) is 7.08. The minimum atomic E-state index is 0.0277. The van der Waals surface area contributed by atoms with Crippen LogP contribution in [0.5, 0.6) is 5.75 Å². The number of carbonyl (C=O) groups is 1. The number of hydrogen-bond donors (Lipinski definition) is 1. The summed E-state index contributed by atoms with van der Waals surface area (Å²) in [6, 6.07) is 17.9. The molecule has 0 aliphatic carbocycles. The van der Waals surface area contributed by atoms with Crippen molar-refractivity contribution in [2.75, 3.05) is 18.1 Å². The van der Waals surface area contributed by atoms with Crippen LogP contribution in [0, 0.1) is 0 Å². The molecule has 0 aliphatic rings. The summed E-state index contributed by atoms with van der Waals surface area (Å²) in [7, 11) is 0. The van der Waals surface area contributed by atoms with Crippen molar-refractivity contribution in [1.29, 1.82) is 0 Å². The van der Waals surface area contributed by atoms with E-state index >= 15 is 0 Å². The van der Waals surface area contributed by atoms with E-state index in [0.29, 0.717) is 24.9 Å². The van der Waals surface area contributed by atoms with E-state index in [2.05, 4.69) is 10.2 Å². The average molecular weight is 398 g/mol. The smallest absolute Gasteiger partial charge is 0.233 e. The number of nitrogens with zero attached hydrogens (tertiary/aromatic N) is 4. The number of aromatic nitrogens is 3. The third-order valence-electron chi connectivity index (χ3n) is 4.14. The van der Waals surface area contributed by atoms with Crippen LogP contribution in [0.2, 0.25) is 0 Å². The first kappa shape index (κ1) is 19.8. The largest absolute Gasteiger partial charge is 0.489 e. The van der Waals surface area contributed by atoms with Gasteiger partial charge in [0.05, 0.1) is 5.75 Å². The van der Waals surface area contributed by atoms with Gasteiger partial charge in [0.1, 0.15) is 18.7 Å². The van der Waals surface area contributed by atoms with Gasteiger partial charge < -0.3 is 15.5 Å². The minimum absolute atomic E-state index is 0.0277. The van der Waals surface area contributed by atoms with Crippen molar-refractivity contribution < 1.29 is 9.53 Å². The molecule has 3 rings (SSSR count). The number of ether oxygens (including phenoxy) is 1. The minimum Gasteiger partial charge on any atom is -0.489 e. The summed E-state index contributed by atoms with van der Waals surface area (Å²) in [6.07, 6.45) is 1.41. The summed E-state index contributed by atoms with van der Waals surface area (Å²) >= 11 is 1.28. The number of nitrogens with two attached hydrogens (primary N) is 1. The Morgan fingerprint density at radius 2 is 1.89 bits per heavy atom. The zero-order valence-corrected chi connectivity index (χ0v) is 16.5. The Bertz CT molecular complexity index is 883. The number of hydrogen-bond acceptors (Lipinski definition) is 6. The first-order valence-corrected chi connectivity index (χ1v) is 9.95. The first-order valence-electron chi connectivity index (χ1n) is 8.97. The van der Waals surface area contributed by atoms with Crippen LogP contribution in [0.3, 0.4) is 0 Å². The van der Waals surface area contributed by atoms with E-state index in [9.17, 15) is 4.79 Å². The summed E-state index contributed by atoms with van der Waals surface area (Å²) in [5.74, 6) is 6.77. The highest BCUT2D eigenvalue weighted by Crippen LogP contribution is 2.17. The highest BCUT2D eigenvalue weighted by atomic mass is 32.2. The molecule has 0 aliphatic heterocycles. The second-order valence-electron chi connectivity index (χ2n) is 6.14. The van der Waals surface area contributed by atoms with Crippen molar-refractivity contribution in [3.8, 4) is 5.75 Å². The van der Waals surface area contributed by atoms with Gasteiger partial charge in [0.25, 0.3) is 0 Å². The molecule has 8 heteroatoms. The highest BCUT2D eigenvalue weighted by Gasteiger charge is 2.14. The van der Waals surface area contributed by atoms with E-state index in [-0.39, 0.29) is 11.7 Å². The number of carbonyl (C=O) groups excluding carboxylic acids is 1. The molecular weight excluding hydrogens is 374 g/mol. The molecule has 3 aromatic rings. The quantitative estimate of drug-likeness (QED) is 0.441. The topological polar surface area (TPSA) is 86.3 Å². The van der Waals surface area contributed by atoms with Crippen molar-refractivity contribution in [3.05, 3.63) is 72.1 Å². The third-order valence-corrected chi connectivity index (χ3v) is 5.09. The first-order chi connectivity index (χ1) is 13.7. The molecule has 1 amide bonds. The van der Waals surface area contributed by atoms with E-state index in [0.717, 1.165) is 16.9 Å². The summed E-state index contributed by atoms with van der Waals surface area (Å²) in [6.45, 7) is 3.67. The SMILES string of the molecule is CCN(Cc1ccc(OCc2ccccc2)cc1)C(=O)CSc1nncn1N. The molecule has 146 valence electrons. The predicted molar refractivity (Wildman–Crippen MR) is 109 cm³/mol. The third kappa shape index (κ3) is 5.50. The zero-order valence-electron chi connectivity index (χ0n) is 15.7. The fourth-order valence-electron chi connectivity index (χ4n) is 2.58. The van der Waals surface area contributed by atoms with Gasteiger partial charge in [-0.2, -0.15) is 0 Å². The van der Waals surface area contributed by atoms with Gasteiger partial charge in [-0.25, -0.2) is 4.68 Å². The van der Waals surface area contributed by atoms with Crippen molar-refractivity contribution in [1.82, 2.24) is 19.8 Å². The van der Waals surface area contributed by atoms with Crippen molar-refractivity contribution >= 4 is 17.7 Å². The Hall–Kier alpha value is -3.00. The van der Waals surface area contributed by atoms with Crippen LogP contribution >= 0.6 is 11.8 Å². The molecule has 0 fully saturated rings. The summed E-state index contributed by atoms with van der Waals surface area (Å²) in [4.78, 5) is 14.3. The molecule has 1 heterocycles. The van der Waals surface area contributed by atoms with E-state index in [1.54, 1.807) is 4.90 Å². The maximum absolute atomic E-state index is 12.5. The standard InChI is InChI=1S/C20H23N5O2S/c1-2-24(19(26)14-28-20-23-22-15-25(20)21)12-16-8-10-18(11-9-16)27-13-17-6-4-3-5-7-17/h3-11,15H,2,12-14,21H2,1H3. The van der Waals surface area contributed by atoms with Gasteiger partial charge in [0.15, 0.2) is 0 Å². The molecule has 0 bridgehead atoms. The van der Waals surface area contributed by atoms with E-state index in [1.807, 2.05) is 61.5 Å². The van der Waals surface area contributed by atoms with Crippen LogP contribution in [0.1, 0.15) is 18.1 Å².